The summed E-state index contributed by atoms with van der Waals surface area (Å²) in [6, 6.07) is 0.217. The van der Waals surface area contributed by atoms with E-state index in [1.54, 1.807) is 7.05 Å². The molecule has 0 aromatic carbocycles. The predicted octanol–water partition coefficient (Wildman–Crippen LogP) is -0.567. The first-order chi connectivity index (χ1) is 5.88. The molecule has 0 aromatic rings. The van der Waals surface area contributed by atoms with Crippen molar-refractivity contribution >= 4 is 10.0 Å². The van der Waals surface area contributed by atoms with Crippen LogP contribution in [-0.4, -0.2) is 49.8 Å². The van der Waals surface area contributed by atoms with Gasteiger partial charge in [-0.15, -0.1) is 0 Å². The number of sulfonamides is 1. The van der Waals surface area contributed by atoms with Gasteiger partial charge < -0.3 is 0 Å². The minimum Gasteiger partial charge on any atom is -0.256 e. The lowest BCUT2D eigenvalue weighted by molar-refractivity contribution is 0.127. The van der Waals surface area contributed by atoms with Crippen molar-refractivity contribution in [3.63, 3.8) is 0 Å². The van der Waals surface area contributed by atoms with Crippen molar-refractivity contribution in [3.05, 3.63) is 0 Å². The lowest BCUT2D eigenvalue weighted by Gasteiger charge is -2.25. The maximum absolute atomic E-state index is 11.3. The Hall–Kier alpha value is -0.170. The van der Waals surface area contributed by atoms with Crippen LogP contribution in [-0.2, 0) is 10.0 Å². The van der Waals surface area contributed by atoms with Crippen LogP contribution in [0.1, 0.15) is 13.8 Å². The SMILES string of the molecule is CNN1C(C)N(S(C)(=O)=O)C[C@@H]1C. The van der Waals surface area contributed by atoms with Crippen LogP contribution in [0.3, 0.4) is 0 Å². The van der Waals surface area contributed by atoms with E-state index in [0.29, 0.717) is 6.54 Å². The molecule has 1 saturated heterocycles. The van der Waals surface area contributed by atoms with Crippen molar-refractivity contribution in [2.75, 3.05) is 19.8 Å². The molecular weight excluding hydrogens is 190 g/mol. The molecule has 2 atom stereocenters. The lowest BCUT2D eigenvalue weighted by atomic mass is 10.4. The number of nitrogens with one attached hydrogen (secondary N) is 1. The number of hydrogen-bond donors (Lipinski definition) is 1. The van der Waals surface area contributed by atoms with Gasteiger partial charge in [0, 0.05) is 12.6 Å². The summed E-state index contributed by atoms with van der Waals surface area (Å²) in [6.45, 7) is 4.43. The summed E-state index contributed by atoms with van der Waals surface area (Å²) in [5, 5.41) is 1.93. The number of hydrazine groups is 1. The van der Waals surface area contributed by atoms with Crippen LogP contribution >= 0.6 is 0 Å². The van der Waals surface area contributed by atoms with Crippen molar-refractivity contribution in [3.8, 4) is 0 Å². The van der Waals surface area contributed by atoms with E-state index in [1.165, 1.54) is 10.6 Å². The van der Waals surface area contributed by atoms with Gasteiger partial charge in [-0.3, -0.25) is 5.43 Å². The molecule has 1 aliphatic rings. The molecule has 1 unspecified atom stereocenters. The second-order valence-electron chi connectivity index (χ2n) is 3.44. The largest absolute Gasteiger partial charge is 0.256 e. The lowest BCUT2D eigenvalue weighted by Crippen LogP contribution is -2.46. The fourth-order valence-corrected chi connectivity index (χ4v) is 2.97. The van der Waals surface area contributed by atoms with Crippen LogP contribution in [0.15, 0.2) is 0 Å². The number of hydrogen-bond acceptors (Lipinski definition) is 4. The first kappa shape index (κ1) is 10.9. The van der Waals surface area contributed by atoms with Gasteiger partial charge in [-0.05, 0) is 20.9 Å². The maximum Gasteiger partial charge on any atom is 0.212 e. The van der Waals surface area contributed by atoms with Gasteiger partial charge in [0.05, 0.1) is 12.4 Å². The first-order valence-corrected chi connectivity index (χ1v) is 6.15. The van der Waals surface area contributed by atoms with E-state index in [4.69, 9.17) is 0 Å². The molecule has 1 rings (SSSR count). The quantitative estimate of drug-likeness (QED) is 0.659. The van der Waals surface area contributed by atoms with Crippen molar-refractivity contribution in [1.82, 2.24) is 14.7 Å². The van der Waals surface area contributed by atoms with Crippen LogP contribution in [0.2, 0.25) is 0 Å². The normalized spacial score (nSPS) is 32.6. The Balaban J connectivity index is 2.85. The van der Waals surface area contributed by atoms with Crippen LogP contribution in [0.5, 0.6) is 0 Å². The minimum absolute atomic E-state index is 0.102. The first-order valence-electron chi connectivity index (χ1n) is 4.30. The molecule has 78 valence electrons. The fraction of sp³-hybridized carbons (Fsp3) is 1.00. The van der Waals surface area contributed by atoms with E-state index in [9.17, 15) is 8.42 Å². The Bertz CT molecular complexity index is 277. The summed E-state index contributed by atoms with van der Waals surface area (Å²) in [4.78, 5) is 0. The van der Waals surface area contributed by atoms with Crippen molar-refractivity contribution in [1.29, 1.82) is 0 Å². The zero-order valence-corrected chi connectivity index (χ0v) is 9.30. The Morgan fingerprint density at radius 1 is 1.38 bits per heavy atom. The molecule has 0 radical (unpaired) electrons. The van der Waals surface area contributed by atoms with Gasteiger partial charge in [-0.2, -0.15) is 4.31 Å². The highest BCUT2D eigenvalue weighted by molar-refractivity contribution is 7.88. The molecule has 5 nitrogen and oxygen atoms in total. The van der Waals surface area contributed by atoms with Gasteiger partial charge in [0.2, 0.25) is 10.0 Å². The van der Waals surface area contributed by atoms with Crippen molar-refractivity contribution in [2.45, 2.75) is 26.1 Å². The molecule has 1 N–H and O–H groups in total. The zero-order chi connectivity index (χ0) is 10.2. The Morgan fingerprint density at radius 2 is 1.92 bits per heavy atom. The molecular formula is C7H17N3O2S. The van der Waals surface area contributed by atoms with Crippen LogP contribution in [0.4, 0.5) is 0 Å². The Morgan fingerprint density at radius 3 is 2.15 bits per heavy atom. The smallest absolute Gasteiger partial charge is 0.212 e. The number of rotatable bonds is 2. The summed E-state index contributed by atoms with van der Waals surface area (Å²) in [7, 11) is -1.27. The van der Waals surface area contributed by atoms with Gasteiger partial charge in [-0.1, -0.05) is 0 Å². The molecule has 1 fully saturated rings. The third-order valence-corrected chi connectivity index (χ3v) is 3.73. The minimum atomic E-state index is -3.08. The highest BCUT2D eigenvalue weighted by Crippen LogP contribution is 2.19. The predicted molar refractivity (Wildman–Crippen MR) is 51.4 cm³/mol. The van der Waals surface area contributed by atoms with E-state index >= 15 is 0 Å². The van der Waals surface area contributed by atoms with Gasteiger partial charge in [0.15, 0.2) is 0 Å². The van der Waals surface area contributed by atoms with E-state index in [-0.39, 0.29) is 12.2 Å². The topological polar surface area (TPSA) is 52.6 Å². The molecule has 0 saturated carbocycles. The standard InChI is InChI=1S/C7H17N3O2S/c1-6-5-9(13(4,11)12)7(2)10(6)8-3/h6-8H,5H2,1-4H3/t6-,7?/m0/s1. The molecule has 13 heavy (non-hydrogen) atoms. The molecule has 0 spiro atoms. The van der Waals surface area contributed by atoms with Crippen molar-refractivity contribution in [2.24, 2.45) is 0 Å². The summed E-state index contributed by atoms with van der Waals surface area (Å²) in [5.41, 5.74) is 2.99. The third-order valence-electron chi connectivity index (χ3n) is 2.42. The maximum atomic E-state index is 11.3. The Kier molecular flexibility index (Phi) is 2.96. The van der Waals surface area contributed by atoms with E-state index in [0.717, 1.165) is 0 Å². The second-order valence-corrected chi connectivity index (χ2v) is 5.38. The molecule has 0 aromatic heterocycles. The average Bonchev–Trinajstić information content (AvgIpc) is 2.25. The van der Waals surface area contributed by atoms with Crippen LogP contribution in [0.25, 0.3) is 0 Å². The molecule has 0 bridgehead atoms. The van der Waals surface area contributed by atoms with E-state index < -0.39 is 10.0 Å². The summed E-state index contributed by atoms with van der Waals surface area (Å²) >= 11 is 0. The van der Waals surface area contributed by atoms with E-state index in [2.05, 4.69) is 5.43 Å². The summed E-state index contributed by atoms with van der Waals surface area (Å²) in [6.07, 6.45) is 1.14. The molecule has 0 aliphatic carbocycles. The monoisotopic (exact) mass is 207 g/mol. The molecule has 1 aliphatic heterocycles. The van der Waals surface area contributed by atoms with E-state index in [1.807, 2.05) is 18.9 Å². The summed E-state index contributed by atoms with van der Waals surface area (Å²) < 4.78 is 24.1. The van der Waals surface area contributed by atoms with Crippen LogP contribution < -0.4 is 5.43 Å². The fourth-order valence-electron chi connectivity index (χ4n) is 1.83. The van der Waals surface area contributed by atoms with Crippen LogP contribution in [0, 0.1) is 0 Å². The summed E-state index contributed by atoms with van der Waals surface area (Å²) in [5.74, 6) is 0. The molecule has 6 heteroatoms. The molecule has 0 amide bonds. The highest BCUT2D eigenvalue weighted by atomic mass is 32.2. The average molecular weight is 207 g/mol. The highest BCUT2D eigenvalue weighted by Gasteiger charge is 2.38. The third kappa shape index (κ3) is 2.01. The van der Waals surface area contributed by atoms with Gasteiger partial charge >= 0.3 is 0 Å². The van der Waals surface area contributed by atoms with Crippen molar-refractivity contribution < 1.29 is 8.42 Å². The van der Waals surface area contributed by atoms with Gasteiger partial charge in [0.25, 0.3) is 0 Å². The number of nitrogens with zero attached hydrogens (tertiary/aromatic N) is 2. The zero-order valence-electron chi connectivity index (χ0n) is 8.48. The van der Waals surface area contributed by atoms with Gasteiger partial charge in [0.1, 0.15) is 0 Å². The van der Waals surface area contributed by atoms with Gasteiger partial charge in [-0.25, -0.2) is 13.4 Å². The second kappa shape index (κ2) is 3.53. The molecule has 1 heterocycles. The Labute approximate surface area is 79.7 Å².